The van der Waals surface area contributed by atoms with E-state index >= 15 is 0 Å². The Morgan fingerprint density at radius 1 is 0.726 bits per heavy atom. The number of rotatable bonds is 11. The van der Waals surface area contributed by atoms with Gasteiger partial charge < -0.3 is 49.9 Å². The number of carbonyl (C=O) groups is 1. The summed E-state index contributed by atoms with van der Waals surface area (Å²) in [5.74, 6) is 1.58. The summed E-state index contributed by atoms with van der Waals surface area (Å²) in [6.07, 6.45) is 0. The van der Waals surface area contributed by atoms with Crippen LogP contribution in [0.15, 0.2) is 105 Å². The van der Waals surface area contributed by atoms with Crippen LogP contribution >= 0.6 is 12.4 Å². The van der Waals surface area contributed by atoms with Crippen molar-refractivity contribution in [1.29, 1.82) is 0 Å². The van der Waals surface area contributed by atoms with Crippen LogP contribution in [0.4, 0.5) is 17.1 Å². The Hall–Kier alpha value is -6.59. The quantitative estimate of drug-likeness (QED) is 0.0266. The number of aliphatic carboxylic acids is 1. The molecule has 0 aliphatic carbocycles. The number of non-ortho nitro benzene ring substituents is 2. The number of nitro benzene ring substituents is 2. The molecule has 0 unspecified atom stereocenters. The maximum atomic E-state index is 10.0. The Balaban J connectivity index is -0.000000312. The van der Waals surface area contributed by atoms with Crippen molar-refractivity contribution in [2.45, 2.75) is 54.8 Å². The number of nitrogens with zero attached hydrogens (tertiary/aromatic N) is 8. The molecule has 0 saturated heterocycles. The molecule has 62 heavy (non-hydrogen) atoms. The van der Waals surface area contributed by atoms with Gasteiger partial charge in [0.05, 0.1) is 9.85 Å². The van der Waals surface area contributed by atoms with Crippen molar-refractivity contribution >= 4 is 41.3 Å². The van der Waals surface area contributed by atoms with E-state index in [4.69, 9.17) is 40.3 Å². The number of ether oxygens (including phenoxy) is 3. The van der Waals surface area contributed by atoms with E-state index in [1.807, 2.05) is 30.3 Å². The number of amidine groups is 1. The van der Waals surface area contributed by atoms with Gasteiger partial charge in [-0.3, -0.25) is 20.2 Å². The summed E-state index contributed by atoms with van der Waals surface area (Å²) in [6, 6.07) is 25.4. The number of nitrogens with two attached hydrogens (primary N) is 2. The highest BCUT2D eigenvalue weighted by Gasteiger charge is 2.01. The van der Waals surface area contributed by atoms with E-state index in [9.17, 15) is 25.0 Å². The normalized spacial score (nSPS) is 9.35. The zero-order chi connectivity index (χ0) is 46.8. The van der Waals surface area contributed by atoms with E-state index in [0.717, 1.165) is 5.69 Å². The molecule has 3 aromatic carbocycles. The average Bonchev–Trinajstić information content (AvgIpc) is 3.87. The first-order valence-corrected chi connectivity index (χ1v) is 18.2. The number of carboxylic acid groups (broad SMARTS) is 1. The van der Waals surface area contributed by atoms with Crippen LogP contribution < -0.4 is 11.5 Å². The molecule has 5 aromatic rings. The summed E-state index contributed by atoms with van der Waals surface area (Å²) in [5.41, 5.74) is 11.2. The standard InChI is InChI=1S/2C6H5NO2.C6H7N.C6H15N.2C5H8N2O2.C3H6O3.C2H6N2O.ClH/c2*8-7(9)6-4-2-1-3-5-6;7-6-4-2-1-3-5-6;1-4-7(5-2)6-3;2*1-4-6-5(3-8-2)9-7-4;1-6-2-3(4)5;1-2(3)4-5;/h2*1-5H;1-5H,7H2;4-6H2,1-3H3;2*3H2,1-2H3;2H2,1H3,(H,4,5);5H,1H3,(H2,3,4);1H. The number of methoxy groups -OCH3 is 3. The third kappa shape index (κ3) is 40.2. The Bertz CT molecular complexity index is 1720. The number of aromatic nitrogens is 4. The van der Waals surface area contributed by atoms with E-state index in [1.54, 1.807) is 64.5 Å². The van der Waals surface area contributed by atoms with Gasteiger partial charge in [0.1, 0.15) is 25.7 Å². The molecule has 346 valence electrons. The SMILES string of the molecule is C/C(N)=N/O.CCN(CC)CC.COCC(=O)O.COCc1nc(C)no1.COCc1nc(C)no1.Cl.Nc1ccccc1.O=[N+]([O-])c1ccccc1.O=[N+]([O-])c1ccccc1. The average molecular weight is 897 g/mol. The smallest absolute Gasteiger partial charge is 0.329 e. The molecule has 0 fully saturated rings. The molecule has 0 atom stereocenters. The molecular formula is C39H61ClN10O12. The largest absolute Gasteiger partial charge is 0.480 e. The van der Waals surface area contributed by atoms with Gasteiger partial charge in [0.2, 0.25) is 0 Å². The lowest BCUT2D eigenvalue weighted by Gasteiger charge is -2.13. The highest BCUT2D eigenvalue weighted by molar-refractivity contribution is 5.85. The third-order valence-corrected chi connectivity index (χ3v) is 6.18. The number of carboxylic acids is 1. The summed E-state index contributed by atoms with van der Waals surface area (Å²) < 4.78 is 23.1. The van der Waals surface area contributed by atoms with Gasteiger partial charge in [-0.15, -0.1) is 12.4 Å². The van der Waals surface area contributed by atoms with Crippen LogP contribution in [-0.2, 0) is 32.2 Å². The second-order valence-corrected chi connectivity index (χ2v) is 11.1. The van der Waals surface area contributed by atoms with Crippen molar-refractivity contribution < 1.29 is 48.2 Å². The van der Waals surface area contributed by atoms with Crippen LogP contribution in [0.25, 0.3) is 0 Å². The van der Waals surface area contributed by atoms with Crippen molar-refractivity contribution in [3.05, 3.63) is 135 Å². The molecule has 0 spiro atoms. The van der Waals surface area contributed by atoms with Crippen molar-refractivity contribution in [3.63, 3.8) is 0 Å². The summed E-state index contributed by atoms with van der Waals surface area (Å²) >= 11 is 0. The predicted octanol–water partition coefficient (Wildman–Crippen LogP) is 6.75. The second-order valence-electron chi connectivity index (χ2n) is 11.1. The zero-order valence-electron chi connectivity index (χ0n) is 36.5. The molecular weight excluding hydrogens is 836 g/mol. The fourth-order valence-corrected chi connectivity index (χ4v) is 3.39. The maximum absolute atomic E-state index is 10.0. The molecule has 0 aliphatic rings. The molecule has 5 rings (SSSR count). The van der Waals surface area contributed by atoms with Crippen LogP contribution in [0.1, 0.15) is 51.1 Å². The lowest BCUT2D eigenvalue weighted by Crippen LogP contribution is -2.21. The van der Waals surface area contributed by atoms with Gasteiger partial charge in [-0.05, 0) is 52.5 Å². The first kappa shape index (κ1) is 62.1. The molecule has 23 heteroatoms. The van der Waals surface area contributed by atoms with E-state index in [2.05, 4.69) is 55.8 Å². The minimum absolute atomic E-state index is 0. The number of hydrogen-bond donors (Lipinski definition) is 4. The molecule has 0 amide bonds. The zero-order valence-corrected chi connectivity index (χ0v) is 37.3. The monoisotopic (exact) mass is 896 g/mol. The Kier molecular flexibility index (Phi) is 42.6. The van der Waals surface area contributed by atoms with E-state index < -0.39 is 15.8 Å². The van der Waals surface area contributed by atoms with Gasteiger partial charge >= 0.3 is 5.97 Å². The molecule has 2 aromatic heterocycles. The van der Waals surface area contributed by atoms with Crippen LogP contribution in [0.5, 0.6) is 0 Å². The second kappa shape index (κ2) is 42.5. The number of nitrogen functional groups attached to an aromatic ring is 1. The highest BCUT2D eigenvalue weighted by Crippen LogP contribution is 2.07. The number of anilines is 1. The van der Waals surface area contributed by atoms with Gasteiger partial charge in [-0.1, -0.05) is 90.8 Å². The number of benzene rings is 3. The summed E-state index contributed by atoms with van der Waals surface area (Å²) in [6.45, 7) is 15.7. The summed E-state index contributed by atoms with van der Waals surface area (Å²) in [4.78, 5) is 38.8. The van der Waals surface area contributed by atoms with Gasteiger partial charge in [0.15, 0.2) is 11.6 Å². The Morgan fingerprint density at radius 3 is 1.18 bits per heavy atom. The molecule has 2 heterocycles. The number of aryl methyl sites for hydroxylation is 2. The number of hydrogen-bond acceptors (Lipinski definition) is 18. The van der Waals surface area contributed by atoms with Gasteiger partial charge in [0.25, 0.3) is 23.2 Å². The minimum atomic E-state index is -0.933. The molecule has 0 radical (unpaired) electrons. The van der Waals surface area contributed by atoms with Crippen molar-refractivity contribution in [3.8, 4) is 0 Å². The number of nitro groups is 2. The molecule has 0 saturated carbocycles. The van der Waals surface area contributed by atoms with Gasteiger partial charge in [-0.25, -0.2) is 4.79 Å². The predicted molar refractivity (Wildman–Crippen MR) is 236 cm³/mol. The Labute approximate surface area is 367 Å². The van der Waals surface area contributed by atoms with Crippen LogP contribution in [0.3, 0.4) is 0 Å². The van der Waals surface area contributed by atoms with E-state index in [0.29, 0.717) is 36.6 Å². The van der Waals surface area contributed by atoms with Gasteiger partial charge in [0, 0.05) is 51.3 Å². The van der Waals surface area contributed by atoms with Crippen LogP contribution in [0.2, 0.25) is 0 Å². The molecule has 0 aliphatic heterocycles. The third-order valence-electron chi connectivity index (χ3n) is 6.18. The van der Waals surface area contributed by atoms with Crippen LogP contribution in [-0.4, -0.2) is 105 Å². The first-order valence-electron chi connectivity index (χ1n) is 18.2. The Morgan fingerprint density at radius 2 is 1.05 bits per heavy atom. The van der Waals surface area contributed by atoms with Crippen LogP contribution in [0, 0.1) is 34.1 Å². The molecule has 6 N–H and O–H groups in total. The highest BCUT2D eigenvalue weighted by atomic mass is 35.5. The fraction of sp³-hybridized carbons (Fsp3) is 0.385. The first-order chi connectivity index (χ1) is 29.0. The van der Waals surface area contributed by atoms with E-state index in [1.165, 1.54) is 57.9 Å². The van der Waals surface area contributed by atoms with Crippen molar-refractivity contribution in [1.82, 2.24) is 25.2 Å². The van der Waals surface area contributed by atoms with Crippen molar-refractivity contribution in [2.24, 2.45) is 10.9 Å². The molecule has 22 nitrogen and oxygen atoms in total. The van der Waals surface area contributed by atoms with E-state index in [-0.39, 0.29) is 36.2 Å². The van der Waals surface area contributed by atoms with Gasteiger partial charge in [-0.2, -0.15) is 9.97 Å². The minimum Gasteiger partial charge on any atom is -0.480 e. The summed E-state index contributed by atoms with van der Waals surface area (Å²) in [5, 5.41) is 45.1. The molecule has 0 bridgehead atoms. The summed E-state index contributed by atoms with van der Waals surface area (Å²) in [7, 11) is 4.51. The number of oxime groups is 1. The lowest BCUT2D eigenvalue weighted by molar-refractivity contribution is -0.385. The van der Waals surface area contributed by atoms with Crippen molar-refractivity contribution in [2.75, 3.05) is 53.3 Å². The maximum Gasteiger partial charge on any atom is 0.329 e. The fourth-order valence-electron chi connectivity index (χ4n) is 3.39. The number of halogens is 1. The number of para-hydroxylation sites is 3. The lowest BCUT2D eigenvalue weighted by atomic mass is 10.3. The topological polar surface area (TPSA) is 317 Å².